The average molecular weight is 1000 g/mol. The van der Waals surface area contributed by atoms with Crippen molar-refractivity contribution >= 4 is 64.7 Å². The summed E-state index contributed by atoms with van der Waals surface area (Å²) in [6.45, 7) is 51.2. The fourth-order valence-corrected chi connectivity index (χ4v) is 17.1. The van der Waals surface area contributed by atoms with Crippen LogP contribution in [0.1, 0.15) is 122 Å². The largest absolute Gasteiger partial charge is 0.309 e. The van der Waals surface area contributed by atoms with Crippen LogP contribution in [0.15, 0.2) is 84.9 Å². The van der Waals surface area contributed by atoms with E-state index in [0.29, 0.717) is 0 Å². The molecule has 0 spiro atoms. The Kier molecular flexibility index (Phi) is 13.8. The summed E-state index contributed by atoms with van der Waals surface area (Å²) < 4.78 is 0. The second-order valence-corrected chi connectivity index (χ2v) is 28.0. The van der Waals surface area contributed by atoms with Crippen molar-refractivity contribution in [2.24, 2.45) is 0 Å². The predicted molar refractivity (Wildman–Crippen MR) is 334 cm³/mol. The van der Waals surface area contributed by atoms with Crippen molar-refractivity contribution < 1.29 is 0 Å². The lowest BCUT2D eigenvalue weighted by molar-refractivity contribution is 1.12. The highest BCUT2D eigenvalue weighted by molar-refractivity contribution is 7.01. The molecule has 1 aliphatic rings. The molecule has 2 nitrogen and oxygen atoms in total. The van der Waals surface area contributed by atoms with Gasteiger partial charge in [0.05, 0.1) is 34.1 Å². The van der Waals surface area contributed by atoms with Gasteiger partial charge in [0, 0.05) is 0 Å². The molecule has 8 aromatic carbocycles. The molecule has 0 fully saturated rings. The van der Waals surface area contributed by atoms with Crippen LogP contribution in [-0.4, -0.2) is 8.07 Å². The third-order valence-corrected chi connectivity index (χ3v) is 21.1. The van der Waals surface area contributed by atoms with Crippen molar-refractivity contribution in [3.63, 3.8) is 0 Å². The van der Waals surface area contributed by atoms with E-state index >= 15 is 0 Å². The van der Waals surface area contributed by atoms with E-state index in [1.54, 1.807) is 0 Å². The molecule has 0 amide bonds. The third kappa shape index (κ3) is 8.83. The van der Waals surface area contributed by atoms with Gasteiger partial charge in [-0.3, -0.25) is 0 Å². The quantitative estimate of drug-likeness (QED) is 0.140. The van der Waals surface area contributed by atoms with Crippen LogP contribution in [0.2, 0.25) is 13.1 Å². The van der Waals surface area contributed by atoms with E-state index in [0.717, 1.165) is 0 Å². The van der Waals surface area contributed by atoms with Crippen molar-refractivity contribution in [3.8, 4) is 22.3 Å². The van der Waals surface area contributed by atoms with E-state index < -0.39 is 8.07 Å². The Morgan fingerprint density at radius 3 is 0.720 bits per heavy atom. The lowest BCUT2D eigenvalue weighted by atomic mass is 9.86. The van der Waals surface area contributed by atoms with Crippen LogP contribution in [0.4, 0.5) is 34.1 Å². The summed E-state index contributed by atoms with van der Waals surface area (Å²) in [5, 5.41) is 2.98. The molecule has 0 N–H and O–H groups in total. The van der Waals surface area contributed by atoms with Crippen molar-refractivity contribution in [2.75, 3.05) is 9.80 Å². The molecular formula is C72H82N2Si. The Hall–Kier alpha value is -6.68. The predicted octanol–water partition coefficient (Wildman–Crippen LogP) is 19.4. The Morgan fingerprint density at radius 1 is 0.267 bits per heavy atom. The molecule has 384 valence electrons. The molecule has 9 rings (SSSR count). The van der Waals surface area contributed by atoms with Gasteiger partial charge < -0.3 is 9.80 Å². The molecule has 0 atom stereocenters. The SMILES string of the molecule is Cc1cc(C)c(N(c2c(C)cc(C)cc2C)c2c(C)c(C)c(-c3ccc4c(c3)[Si](C)(C)c3cc(-c5c(C)c(C)c(N(c6c(C)cc(C)cc6C)c6c(C)cc(C)cc6C)c(C)c5C)ccc3C=C4)c(C)c2C)c(C)c1. The number of anilines is 6. The molecule has 0 saturated heterocycles. The molecule has 0 aliphatic carbocycles. The smallest absolute Gasteiger partial charge is 0.113 e. The maximum atomic E-state index is 2.61. The fraction of sp³-hybridized carbons (Fsp3) is 0.306. The number of aryl methyl sites for hydroxylation is 12. The van der Waals surface area contributed by atoms with E-state index in [4.69, 9.17) is 0 Å². The highest BCUT2D eigenvalue weighted by atomic mass is 28.3. The van der Waals surface area contributed by atoms with Crippen molar-refractivity contribution in [1.82, 2.24) is 0 Å². The number of hydrogen-bond acceptors (Lipinski definition) is 2. The van der Waals surface area contributed by atoms with Crippen LogP contribution in [0.3, 0.4) is 0 Å². The minimum absolute atomic E-state index is 1.28. The maximum Gasteiger partial charge on any atom is 0.113 e. The molecule has 8 aromatic rings. The molecule has 0 saturated carbocycles. The first-order valence-corrected chi connectivity index (χ1v) is 30.3. The number of hydrogen-bond donors (Lipinski definition) is 0. The highest BCUT2D eigenvalue weighted by Gasteiger charge is 2.35. The number of benzene rings is 8. The second kappa shape index (κ2) is 19.5. The van der Waals surface area contributed by atoms with Gasteiger partial charge in [-0.2, -0.15) is 0 Å². The molecule has 0 unspecified atom stereocenters. The lowest BCUT2D eigenvalue weighted by Gasteiger charge is -2.36. The average Bonchev–Trinajstić information content (AvgIpc) is 3.41. The van der Waals surface area contributed by atoms with Crippen LogP contribution in [0.5, 0.6) is 0 Å². The summed E-state index contributed by atoms with van der Waals surface area (Å²) in [7, 11) is -2.32. The van der Waals surface area contributed by atoms with Gasteiger partial charge in [-0.25, -0.2) is 0 Å². The Bertz CT molecular complexity index is 3230. The van der Waals surface area contributed by atoms with Gasteiger partial charge in [0.15, 0.2) is 0 Å². The lowest BCUT2D eigenvalue weighted by Crippen LogP contribution is -2.54. The van der Waals surface area contributed by atoms with Crippen molar-refractivity contribution in [3.05, 3.63) is 207 Å². The summed E-state index contributed by atoms with van der Waals surface area (Å²) in [6, 6.07) is 33.6. The Balaban J connectivity index is 1.18. The standard InChI is InChI=1S/C72H82N2Si/c1-39-29-43(5)67(44(6)30-39)73(68-45(7)31-40(2)32-46(68)8)71-55(17)51(13)65(52(14)56(71)18)61-27-25-59-23-24-60-26-28-62(38-64(60)75(21,22)63(59)37-61)66-53(15)57(19)72(58(20)54(66)16)74(69-47(9)33-41(3)34-48(69)10)70-49(11)35-42(4)36-50(70)12/h23-38H,1-22H3. The van der Waals surface area contributed by atoms with Gasteiger partial charge in [-0.1, -0.05) is 132 Å². The normalized spacial score (nSPS) is 12.7. The zero-order valence-corrected chi connectivity index (χ0v) is 50.6. The monoisotopic (exact) mass is 1000 g/mol. The minimum atomic E-state index is -2.32. The van der Waals surface area contributed by atoms with Crippen LogP contribution in [0.25, 0.3) is 34.4 Å². The van der Waals surface area contributed by atoms with E-state index in [1.807, 2.05) is 0 Å². The van der Waals surface area contributed by atoms with Gasteiger partial charge in [-0.15, -0.1) is 0 Å². The maximum absolute atomic E-state index is 2.61. The molecular weight excluding hydrogens is 921 g/mol. The van der Waals surface area contributed by atoms with E-state index in [1.165, 1.54) is 189 Å². The Morgan fingerprint density at radius 2 is 0.493 bits per heavy atom. The summed E-state index contributed by atoms with van der Waals surface area (Å²) in [4.78, 5) is 5.23. The van der Waals surface area contributed by atoms with Gasteiger partial charge >= 0.3 is 0 Å². The molecule has 1 heterocycles. The first-order valence-electron chi connectivity index (χ1n) is 27.3. The summed E-state index contributed by atoms with van der Waals surface area (Å²) in [5.74, 6) is 0. The molecule has 0 aromatic heterocycles. The van der Waals surface area contributed by atoms with Crippen LogP contribution < -0.4 is 20.2 Å². The van der Waals surface area contributed by atoms with E-state index in [-0.39, 0.29) is 0 Å². The second-order valence-electron chi connectivity index (χ2n) is 23.7. The van der Waals surface area contributed by atoms with Crippen LogP contribution in [-0.2, 0) is 0 Å². The van der Waals surface area contributed by atoms with Gasteiger partial charge in [-0.05, 0) is 271 Å². The third-order valence-electron chi connectivity index (χ3n) is 17.5. The molecule has 0 radical (unpaired) electrons. The first kappa shape index (κ1) is 53.2. The van der Waals surface area contributed by atoms with E-state index in [2.05, 4.69) is 258 Å². The number of nitrogens with zero attached hydrogens (tertiary/aromatic N) is 2. The fourth-order valence-electron chi connectivity index (χ4n) is 14.0. The van der Waals surface area contributed by atoms with Gasteiger partial charge in [0.25, 0.3) is 0 Å². The van der Waals surface area contributed by atoms with Crippen molar-refractivity contribution in [1.29, 1.82) is 0 Å². The van der Waals surface area contributed by atoms with Gasteiger partial charge in [0.1, 0.15) is 8.07 Å². The number of rotatable bonds is 8. The summed E-state index contributed by atoms with van der Waals surface area (Å²) in [6.07, 6.45) is 4.76. The zero-order chi connectivity index (χ0) is 54.6. The summed E-state index contributed by atoms with van der Waals surface area (Å²) in [5.41, 5.74) is 41.9. The number of fused-ring (bicyclic) bond motifs is 2. The highest BCUT2D eigenvalue weighted by Crippen LogP contribution is 2.51. The topological polar surface area (TPSA) is 6.48 Å². The van der Waals surface area contributed by atoms with Crippen LogP contribution in [0, 0.1) is 138 Å². The molecule has 0 bridgehead atoms. The molecule has 3 heteroatoms. The summed E-state index contributed by atoms with van der Waals surface area (Å²) >= 11 is 0. The first-order chi connectivity index (χ1) is 35.2. The Labute approximate surface area is 453 Å². The van der Waals surface area contributed by atoms with Gasteiger partial charge in [0.2, 0.25) is 0 Å². The molecule has 1 aliphatic heterocycles. The van der Waals surface area contributed by atoms with Crippen LogP contribution >= 0.6 is 0 Å². The zero-order valence-electron chi connectivity index (χ0n) is 49.6. The van der Waals surface area contributed by atoms with E-state index in [9.17, 15) is 0 Å². The van der Waals surface area contributed by atoms with Crippen molar-refractivity contribution in [2.45, 2.75) is 152 Å². The minimum Gasteiger partial charge on any atom is -0.309 e. The molecule has 75 heavy (non-hydrogen) atoms.